The number of nitrogens with zero attached hydrogens (tertiary/aromatic N) is 1. The summed E-state index contributed by atoms with van der Waals surface area (Å²) in [6.07, 6.45) is 2.46. The third-order valence-electron chi connectivity index (χ3n) is 3.02. The first-order chi connectivity index (χ1) is 9.47. The number of aryl methyl sites for hydroxylation is 1. The van der Waals surface area contributed by atoms with Crippen LogP contribution in [0.25, 0.3) is 0 Å². The predicted molar refractivity (Wildman–Crippen MR) is 78.9 cm³/mol. The van der Waals surface area contributed by atoms with Crippen molar-refractivity contribution in [2.75, 3.05) is 11.9 Å². The number of aliphatic hydroxyl groups excluding tert-OH is 1. The molecule has 0 saturated heterocycles. The third-order valence-corrected chi connectivity index (χ3v) is 3.02. The Morgan fingerprint density at radius 2 is 2.10 bits per heavy atom. The molecule has 0 aromatic carbocycles. The molecule has 0 aliphatic rings. The van der Waals surface area contributed by atoms with Gasteiger partial charge in [-0.15, -0.1) is 0 Å². The molecule has 1 heterocycles. The maximum Gasteiger partial charge on any atom is 0.319 e. The third kappa shape index (κ3) is 4.70. The second-order valence-electron chi connectivity index (χ2n) is 5.08. The highest BCUT2D eigenvalue weighted by Gasteiger charge is 2.15. The van der Waals surface area contributed by atoms with Crippen LogP contribution in [0.3, 0.4) is 0 Å². The number of pyridine rings is 1. The molecule has 6 heteroatoms. The molecule has 0 spiro atoms. The lowest BCUT2D eigenvalue weighted by Gasteiger charge is -2.20. The maximum atomic E-state index is 11.8. The summed E-state index contributed by atoms with van der Waals surface area (Å²) in [6, 6.07) is 2.31. The van der Waals surface area contributed by atoms with E-state index in [9.17, 15) is 14.7 Å². The van der Waals surface area contributed by atoms with E-state index >= 15 is 0 Å². The zero-order valence-electron chi connectivity index (χ0n) is 12.2. The zero-order chi connectivity index (χ0) is 15.1. The van der Waals surface area contributed by atoms with E-state index in [1.165, 1.54) is 6.07 Å². The molecule has 0 saturated carbocycles. The molecule has 1 aromatic heterocycles. The molecule has 1 rings (SSSR count). The highest BCUT2D eigenvalue weighted by atomic mass is 16.3. The number of aromatic nitrogens is 1. The highest BCUT2D eigenvalue weighted by molar-refractivity contribution is 5.89. The SMILES string of the molecule is CCCn1cc(NC(=O)N[C@H](CO)C(C)C)ccc1=O. The van der Waals surface area contributed by atoms with Gasteiger partial charge in [-0.2, -0.15) is 0 Å². The number of carbonyl (C=O) groups excluding carboxylic acids is 1. The van der Waals surface area contributed by atoms with E-state index in [1.54, 1.807) is 16.8 Å². The lowest BCUT2D eigenvalue weighted by Crippen LogP contribution is -2.43. The minimum absolute atomic E-state index is 0.0896. The van der Waals surface area contributed by atoms with E-state index < -0.39 is 0 Å². The quantitative estimate of drug-likeness (QED) is 0.737. The molecule has 1 atom stereocenters. The first-order valence-electron chi connectivity index (χ1n) is 6.86. The number of anilines is 1. The van der Waals surface area contributed by atoms with Crippen LogP contribution in [0.15, 0.2) is 23.1 Å². The number of hydrogen-bond acceptors (Lipinski definition) is 3. The van der Waals surface area contributed by atoms with Crippen LogP contribution in [-0.2, 0) is 6.54 Å². The highest BCUT2D eigenvalue weighted by Crippen LogP contribution is 2.05. The first kappa shape index (κ1) is 16.2. The summed E-state index contributed by atoms with van der Waals surface area (Å²) < 4.78 is 1.56. The first-order valence-corrected chi connectivity index (χ1v) is 6.86. The molecular weight excluding hydrogens is 258 g/mol. The van der Waals surface area contributed by atoms with Crippen molar-refractivity contribution in [3.63, 3.8) is 0 Å². The smallest absolute Gasteiger partial charge is 0.319 e. The molecule has 0 fully saturated rings. The summed E-state index contributed by atoms with van der Waals surface area (Å²) >= 11 is 0. The van der Waals surface area contributed by atoms with Crippen LogP contribution in [0.2, 0.25) is 0 Å². The van der Waals surface area contributed by atoms with Crippen molar-refractivity contribution in [1.82, 2.24) is 9.88 Å². The molecule has 6 nitrogen and oxygen atoms in total. The van der Waals surface area contributed by atoms with Crippen LogP contribution in [0, 0.1) is 5.92 Å². The van der Waals surface area contributed by atoms with Crippen LogP contribution in [0.5, 0.6) is 0 Å². The fourth-order valence-corrected chi connectivity index (χ4v) is 1.78. The van der Waals surface area contributed by atoms with E-state index in [4.69, 9.17) is 0 Å². The number of nitrogens with one attached hydrogen (secondary N) is 2. The van der Waals surface area contributed by atoms with Crippen molar-refractivity contribution < 1.29 is 9.90 Å². The Morgan fingerprint density at radius 3 is 2.65 bits per heavy atom. The van der Waals surface area contributed by atoms with Gasteiger partial charge in [0.1, 0.15) is 0 Å². The number of rotatable bonds is 6. The Kier molecular flexibility index (Phi) is 6.24. The normalized spacial score (nSPS) is 12.2. The molecule has 20 heavy (non-hydrogen) atoms. The van der Waals surface area contributed by atoms with Crippen LogP contribution < -0.4 is 16.2 Å². The van der Waals surface area contributed by atoms with Crippen molar-refractivity contribution in [3.8, 4) is 0 Å². The maximum absolute atomic E-state index is 11.8. The minimum Gasteiger partial charge on any atom is -0.394 e. The molecule has 112 valence electrons. The van der Waals surface area contributed by atoms with Crippen LogP contribution in [0.4, 0.5) is 10.5 Å². The Morgan fingerprint density at radius 1 is 1.40 bits per heavy atom. The molecule has 0 radical (unpaired) electrons. The summed E-state index contributed by atoms with van der Waals surface area (Å²) in [4.78, 5) is 23.4. The second-order valence-corrected chi connectivity index (χ2v) is 5.08. The monoisotopic (exact) mass is 281 g/mol. The zero-order valence-corrected chi connectivity index (χ0v) is 12.2. The Balaban J connectivity index is 2.70. The van der Waals surface area contributed by atoms with Crippen LogP contribution in [-0.4, -0.2) is 28.4 Å². The fourth-order valence-electron chi connectivity index (χ4n) is 1.78. The average Bonchev–Trinajstić information content (AvgIpc) is 2.39. The van der Waals surface area contributed by atoms with Gasteiger partial charge in [0, 0.05) is 18.8 Å². The molecule has 2 amide bonds. The van der Waals surface area contributed by atoms with Gasteiger partial charge in [0.05, 0.1) is 18.3 Å². The standard InChI is InChI=1S/C14H23N3O3/c1-4-7-17-8-11(5-6-13(17)19)15-14(20)16-12(9-18)10(2)3/h5-6,8,10,12,18H,4,7,9H2,1-3H3,(H2,15,16,20)/t12-/m1/s1. The van der Waals surface area contributed by atoms with E-state index in [0.717, 1.165) is 6.42 Å². The van der Waals surface area contributed by atoms with Crippen LogP contribution >= 0.6 is 0 Å². The van der Waals surface area contributed by atoms with Gasteiger partial charge in [-0.05, 0) is 18.4 Å². The second kappa shape index (κ2) is 7.69. The molecule has 3 N–H and O–H groups in total. The van der Waals surface area contributed by atoms with E-state index in [-0.39, 0.29) is 30.2 Å². The van der Waals surface area contributed by atoms with Gasteiger partial charge < -0.3 is 20.3 Å². The number of amides is 2. The molecule has 1 aromatic rings. The van der Waals surface area contributed by atoms with Crippen LogP contribution in [0.1, 0.15) is 27.2 Å². The van der Waals surface area contributed by atoms with Gasteiger partial charge in [0.15, 0.2) is 0 Å². The van der Waals surface area contributed by atoms with E-state index in [1.807, 2.05) is 20.8 Å². The number of aliphatic hydroxyl groups is 1. The summed E-state index contributed by atoms with van der Waals surface area (Å²) in [6.45, 7) is 6.32. The minimum atomic E-state index is -0.389. The van der Waals surface area contributed by atoms with E-state index in [0.29, 0.717) is 12.2 Å². The molecule has 0 aliphatic heterocycles. The largest absolute Gasteiger partial charge is 0.394 e. The predicted octanol–water partition coefficient (Wildman–Crippen LogP) is 1.40. The Hall–Kier alpha value is -1.82. The average molecular weight is 281 g/mol. The van der Waals surface area contributed by atoms with Gasteiger partial charge >= 0.3 is 6.03 Å². The topological polar surface area (TPSA) is 83.4 Å². The van der Waals surface area contributed by atoms with Gasteiger partial charge in [-0.25, -0.2) is 4.79 Å². The number of hydrogen-bond donors (Lipinski definition) is 3. The van der Waals surface area contributed by atoms with Gasteiger partial charge in [0.25, 0.3) is 5.56 Å². The van der Waals surface area contributed by atoms with Gasteiger partial charge in [-0.3, -0.25) is 4.79 Å². The Labute approximate surface area is 118 Å². The lowest BCUT2D eigenvalue weighted by atomic mass is 10.1. The van der Waals surface area contributed by atoms with Crippen molar-refractivity contribution in [2.45, 2.75) is 39.8 Å². The lowest BCUT2D eigenvalue weighted by molar-refractivity contribution is 0.204. The van der Waals surface area contributed by atoms with Gasteiger partial charge in [-0.1, -0.05) is 20.8 Å². The van der Waals surface area contributed by atoms with Crippen molar-refractivity contribution in [1.29, 1.82) is 0 Å². The van der Waals surface area contributed by atoms with Gasteiger partial charge in [0.2, 0.25) is 0 Å². The molecule has 0 bridgehead atoms. The summed E-state index contributed by atoms with van der Waals surface area (Å²) in [5.41, 5.74) is 0.462. The fraction of sp³-hybridized carbons (Fsp3) is 0.571. The molecule has 0 aliphatic carbocycles. The summed E-state index contributed by atoms with van der Waals surface area (Å²) in [5, 5.41) is 14.5. The number of urea groups is 1. The molecule has 0 unspecified atom stereocenters. The number of carbonyl (C=O) groups is 1. The molecular formula is C14H23N3O3. The van der Waals surface area contributed by atoms with Crippen molar-refractivity contribution in [3.05, 3.63) is 28.7 Å². The summed E-state index contributed by atoms with van der Waals surface area (Å²) in [5.74, 6) is 0.139. The van der Waals surface area contributed by atoms with E-state index in [2.05, 4.69) is 10.6 Å². The van der Waals surface area contributed by atoms with Crippen molar-refractivity contribution >= 4 is 11.7 Å². The van der Waals surface area contributed by atoms with Crippen molar-refractivity contribution in [2.24, 2.45) is 5.92 Å². The Bertz CT molecular complexity index is 497. The summed E-state index contributed by atoms with van der Waals surface area (Å²) in [7, 11) is 0.